The summed E-state index contributed by atoms with van der Waals surface area (Å²) in [7, 11) is 0. The Morgan fingerprint density at radius 1 is 1.33 bits per heavy atom. The van der Waals surface area contributed by atoms with Crippen molar-refractivity contribution in [2.24, 2.45) is 0 Å². The van der Waals surface area contributed by atoms with E-state index in [9.17, 15) is 9.59 Å². The zero-order chi connectivity index (χ0) is 11.4. The molecule has 0 fully saturated rings. The van der Waals surface area contributed by atoms with Gasteiger partial charge in [-0.1, -0.05) is 23.2 Å². The highest BCUT2D eigenvalue weighted by atomic mass is 35.5. The average molecular weight is 249 g/mol. The minimum absolute atomic E-state index is 0.0162. The number of hydrogen-bond donors (Lipinski definition) is 0. The lowest BCUT2D eigenvalue weighted by Crippen LogP contribution is -2.03. The van der Waals surface area contributed by atoms with E-state index in [1.807, 2.05) is 0 Å². The van der Waals surface area contributed by atoms with Gasteiger partial charge in [0.25, 0.3) is 0 Å². The Hall–Kier alpha value is -1.26. The zero-order valence-corrected chi connectivity index (χ0v) is 9.13. The zero-order valence-electron chi connectivity index (χ0n) is 7.62. The predicted octanol–water partition coefficient (Wildman–Crippen LogP) is 2.66. The van der Waals surface area contributed by atoms with Crippen molar-refractivity contribution in [1.29, 1.82) is 0 Å². The van der Waals surface area contributed by atoms with Gasteiger partial charge in [-0.05, 0) is 12.1 Å². The molecule has 0 aromatic heterocycles. The lowest BCUT2D eigenvalue weighted by atomic mass is 10.2. The van der Waals surface area contributed by atoms with E-state index in [1.165, 1.54) is 19.1 Å². The molecule has 0 aliphatic carbocycles. The highest BCUT2D eigenvalue weighted by molar-refractivity contribution is 6.44. The smallest absolute Gasteiger partial charge is 0.298 e. The van der Waals surface area contributed by atoms with E-state index in [0.29, 0.717) is 6.29 Å². The Balaban J connectivity index is 2.96. The molecule has 0 N–H and O–H groups in total. The second-order valence-corrected chi connectivity index (χ2v) is 3.31. The molecule has 1 rings (SSSR count). The lowest BCUT2D eigenvalue weighted by molar-refractivity contribution is -0.210. The van der Waals surface area contributed by atoms with E-state index < -0.39 is 5.97 Å². The van der Waals surface area contributed by atoms with Gasteiger partial charge in [-0.2, -0.15) is 0 Å². The molecule has 15 heavy (non-hydrogen) atoms. The van der Waals surface area contributed by atoms with Gasteiger partial charge in [0.15, 0.2) is 12.0 Å². The fourth-order valence-corrected chi connectivity index (χ4v) is 1.21. The Kier molecular flexibility index (Phi) is 3.94. The van der Waals surface area contributed by atoms with Gasteiger partial charge >= 0.3 is 5.97 Å². The summed E-state index contributed by atoms with van der Waals surface area (Å²) in [5.41, 5.74) is 0.233. The minimum Gasteiger partial charge on any atom is -0.298 e. The van der Waals surface area contributed by atoms with Crippen LogP contribution in [0.4, 0.5) is 0 Å². The molecule has 0 atom stereocenters. The van der Waals surface area contributed by atoms with Gasteiger partial charge in [0.05, 0.1) is 5.02 Å². The third kappa shape index (κ3) is 2.84. The molecule has 0 aliphatic heterocycles. The van der Waals surface area contributed by atoms with Crippen LogP contribution in [0.2, 0.25) is 10.0 Å². The van der Waals surface area contributed by atoms with Crippen molar-refractivity contribution in [2.45, 2.75) is 6.92 Å². The second-order valence-electron chi connectivity index (χ2n) is 2.56. The van der Waals surface area contributed by atoms with E-state index in [0.717, 1.165) is 0 Å². The molecule has 0 bridgehead atoms. The van der Waals surface area contributed by atoms with Crippen LogP contribution in [0, 0.1) is 0 Å². The first-order valence-corrected chi connectivity index (χ1v) is 4.60. The van der Waals surface area contributed by atoms with Crippen molar-refractivity contribution < 1.29 is 19.4 Å². The molecular formula is C9H6Cl2O4. The lowest BCUT2D eigenvalue weighted by Gasteiger charge is -2.06. The monoisotopic (exact) mass is 248 g/mol. The van der Waals surface area contributed by atoms with Crippen LogP contribution in [0.25, 0.3) is 0 Å². The van der Waals surface area contributed by atoms with Crippen molar-refractivity contribution in [3.05, 3.63) is 27.7 Å². The Labute approximate surface area is 95.6 Å². The molecule has 1 aromatic carbocycles. The molecule has 0 saturated heterocycles. The summed E-state index contributed by atoms with van der Waals surface area (Å²) in [6, 6.07) is 2.78. The summed E-state index contributed by atoms with van der Waals surface area (Å²) in [4.78, 5) is 29.8. The first-order chi connectivity index (χ1) is 7.06. The van der Waals surface area contributed by atoms with E-state index in [2.05, 4.69) is 9.78 Å². The largest absolute Gasteiger partial charge is 0.352 e. The molecule has 4 nitrogen and oxygen atoms in total. The molecule has 0 aliphatic rings. The molecule has 1 aromatic rings. The average Bonchev–Trinajstić information content (AvgIpc) is 2.20. The first kappa shape index (κ1) is 11.8. The summed E-state index contributed by atoms with van der Waals surface area (Å²) < 4.78 is 0. The van der Waals surface area contributed by atoms with E-state index in [-0.39, 0.29) is 21.4 Å². The van der Waals surface area contributed by atoms with Gasteiger partial charge in [0.1, 0.15) is 5.02 Å². The van der Waals surface area contributed by atoms with Crippen LogP contribution >= 0.6 is 23.2 Å². The third-order valence-corrected chi connectivity index (χ3v) is 2.33. The fraction of sp³-hybridized carbons (Fsp3) is 0.111. The fourth-order valence-electron chi connectivity index (χ4n) is 0.806. The topological polar surface area (TPSA) is 52.6 Å². The van der Waals surface area contributed by atoms with Gasteiger partial charge in [-0.3, -0.25) is 14.6 Å². The first-order valence-electron chi connectivity index (χ1n) is 3.84. The predicted molar refractivity (Wildman–Crippen MR) is 54.2 cm³/mol. The molecule has 6 heteroatoms. The van der Waals surface area contributed by atoms with Gasteiger partial charge in [-0.25, -0.2) is 4.79 Å². The van der Waals surface area contributed by atoms with Gasteiger partial charge in [-0.15, -0.1) is 0 Å². The van der Waals surface area contributed by atoms with Crippen LogP contribution in [0.3, 0.4) is 0 Å². The van der Waals surface area contributed by atoms with Crippen LogP contribution < -0.4 is 4.89 Å². The molecule has 0 amide bonds. The standard InChI is InChI=1S/C9H6Cl2O4/c1-5(13)14-15-7-3-2-6(4-12)8(10)9(7)11/h2-4H,1H3. The molecule has 0 heterocycles. The van der Waals surface area contributed by atoms with Crippen molar-refractivity contribution in [3.8, 4) is 5.75 Å². The quantitative estimate of drug-likeness (QED) is 0.469. The normalized spacial score (nSPS) is 9.53. The van der Waals surface area contributed by atoms with Crippen LogP contribution in [0.15, 0.2) is 12.1 Å². The van der Waals surface area contributed by atoms with Crippen LogP contribution in [0.5, 0.6) is 5.75 Å². The Morgan fingerprint density at radius 2 is 2.00 bits per heavy atom. The number of carbonyl (C=O) groups is 2. The maximum absolute atomic E-state index is 10.5. The number of hydrogen-bond acceptors (Lipinski definition) is 4. The highest BCUT2D eigenvalue weighted by Gasteiger charge is 2.12. The number of benzene rings is 1. The van der Waals surface area contributed by atoms with Gasteiger partial charge in [0, 0.05) is 12.5 Å². The van der Waals surface area contributed by atoms with E-state index in [1.54, 1.807) is 0 Å². The molecule has 0 radical (unpaired) electrons. The number of halogens is 2. The van der Waals surface area contributed by atoms with Crippen molar-refractivity contribution in [1.82, 2.24) is 0 Å². The molecule has 0 unspecified atom stereocenters. The second kappa shape index (κ2) is 5.00. The van der Waals surface area contributed by atoms with Crippen molar-refractivity contribution in [3.63, 3.8) is 0 Å². The van der Waals surface area contributed by atoms with Crippen LogP contribution in [-0.2, 0) is 9.68 Å². The van der Waals surface area contributed by atoms with Crippen LogP contribution in [-0.4, -0.2) is 12.3 Å². The Morgan fingerprint density at radius 3 is 2.53 bits per heavy atom. The van der Waals surface area contributed by atoms with Gasteiger partial charge < -0.3 is 0 Å². The number of carbonyl (C=O) groups excluding carboxylic acids is 2. The molecular weight excluding hydrogens is 243 g/mol. The summed E-state index contributed by atoms with van der Waals surface area (Å²) in [5.74, 6) is -0.552. The van der Waals surface area contributed by atoms with Crippen molar-refractivity contribution >= 4 is 35.5 Å². The maximum atomic E-state index is 10.5. The minimum atomic E-state index is -0.623. The summed E-state index contributed by atoms with van der Waals surface area (Å²) >= 11 is 11.5. The number of aldehydes is 1. The highest BCUT2D eigenvalue weighted by Crippen LogP contribution is 2.34. The maximum Gasteiger partial charge on any atom is 0.352 e. The van der Waals surface area contributed by atoms with Crippen LogP contribution in [0.1, 0.15) is 17.3 Å². The molecule has 80 valence electrons. The Bertz CT molecular complexity index is 403. The molecule has 0 saturated carbocycles. The third-order valence-electron chi connectivity index (χ3n) is 1.45. The summed E-state index contributed by atoms with van der Waals surface area (Å²) in [5, 5.41) is 0.0684. The van der Waals surface area contributed by atoms with E-state index in [4.69, 9.17) is 23.2 Å². The summed E-state index contributed by atoms with van der Waals surface area (Å²) in [6.45, 7) is 1.18. The number of rotatable bonds is 3. The molecule has 0 spiro atoms. The van der Waals surface area contributed by atoms with Crippen molar-refractivity contribution in [2.75, 3.05) is 0 Å². The van der Waals surface area contributed by atoms with E-state index >= 15 is 0 Å². The SMILES string of the molecule is CC(=O)OOc1ccc(C=O)c(Cl)c1Cl. The summed E-state index contributed by atoms with van der Waals surface area (Å²) in [6.07, 6.45) is 0.559. The van der Waals surface area contributed by atoms with Gasteiger partial charge in [0.2, 0.25) is 0 Å².